The molecule has 1 saturated heterocycles. The molecule has 0 spiro atoms. The molecule has 0 saturated carbocycles. The van der Waals surface area contributed by atoms with Gasteiger partial charge in [-0.3, -0.25) is 4.79 Å². The van der Waals surface area contributed by atoms with Crippen LogP contribution < -0.4 is 9.80 Å². The van der Waals surface area contributed by atoms with Crippen LogP contribution in [0.15, 0.2) is 24.3 Å². The number of carbonyl (C=O) groups excluding carboxylic acids is 1. The highest BCUT2D eigenvalue weighted by atomic mass is 16.2. The Labute approximate surface area is 130 Å². The van der Waals surface area contributed by atoms with Gasteiger partial charge in [0.2, 0.25) is 11.9 Å². The van der Waals surface area contributed by atoms with Crippen molar-refractivity contribution in [3.8, 4) is 0 Å². The minimum atomic E-state index is -0.216. The van der Waals surface area contributed by atoms with Gasteiger partial charge < -0.3 is 14.7 Å². The molecule has 1 aliphatic heterocycles. The molecule has 1 aliphatic rings. The number of piperazine rings is 1. The molecule has 3 rings (SSSR count). The van der Waals surface area contributed by atoms with Gasteiger partial charge in [-0.15, -0.1) is 0 Å². The van der Waals surface area contributed by atoms with Gasteiger partial charge in [0.05, 0.1) is 5.52 Å². The Balaban J connectivity index is 2.14. The molecule has 1 amide bonds. The Morgan fingerprint density at radius 3 is 2.64 bits per heavy atom. The lowest BCUT2D eigenvalue weighted by Crippen LogP contribution is -2.54. The lowest BCUT2D eigenvalue weighted by Gasteiger charge is -2.38. The van der Waals surface area contributed by atoms with Crippen molar-refractivity contribution in [2.45, 2.75) is 13.0 Å². The molecule has 2 heterocycles. The second kappa shape index (κ2) is 5.44. The van der Waals surface area contributed by atoms with E-state index in [2.05, 4.69) is 9.88 Å². The second-order valence-electron chi connectivity index (χ2n) is 5.89. The van der Waals surface area contributed by atoms with Crippen molar-refractivity contribution in [2.24, 2.45) is 0 Å². The van der Waals surface area contributed by atoms with E-state index < -0.39 is 0 Å². The van der Waals surface area contributed by atoms with Crippen LogP contribution in [-0.2, 0) is 4.79 Å². The molecule has 116 valence electrons. The fourth-order valence-electron chi connectivity index (χ4n) is 2.77. The maximum atomic E-state index is 12.3. The van der Waals surface area contributed by atoms with Crippen LogP contribution in [-0.4, -0.2) is 61.0 Å². The molecular formula is C16H21N5O. The quantitative estimate of drug-likeness (QED) is 0.838. The minimum absolute atomic E-state index is 0.125. The Bertz CT molecular complexity index is 715. The first-order chi connectivity index (χ1) is 10.5. The minimum Gasteiger partial charge on any atom is -0.347 e. The molecule has 1 aromatic heterocycles. The monoisotopic (exact) mass is 299 g/mol. The maximum Gasteiger partial charge on any atom is 0.244 e. The standard InChI is InChI=1S/C16H21N5O/c1-11-15(22)20(4)9-10-21(11)14-12-7-5-6-8-13(12)17-16(18-14)19(2)3/h5-8,11H,9-10H2,1-4H3. The first-order valence-electron chi connectivity index (χ1n) is 7.45. The van der Waals surface area contributed by atoms with Gasteiger partial charge in [0.25, 0.3) is 0 Å². The number of fused-ring (bicyclic) bond motifs is 1. The Hall–Kier alpha value is -2.37. The summed E-state index contributed by atoms with van der Waals surface area (Å²) in [5.41, 5.74) is 0.898. The van der Waals surface area contributed by atoms with Crippen molar-refractivity contribution in [3.63, 3.8) is 0 Å². The van der Waals surface area contributed by atoms with E-state index in [0.717, 1.165) is 23.3 Å². The number of nitrogens with zero attached hydrogens (tertiary/aromatic N) is 5. The third-order valence-electron chi connectivity index (χ3n) is 4.12. The topological polar surface area (TPSA) is 52.6 Å². The average molecular weight is 299 g/mol. The molecular weight excluding hydrogens is 278 g/mol. The van der Waals surface area contributed by atoms with Crippen LogP contribution in [0.2, 0.25) is 0 Å². The summed E-state index contributed by atoms with van der Waals surface area (Å²) in [7, 11) is 5.69. The van der Waals surface area contributed by atoms with Crippen LogP contribution in [0.1, 0.15) is 6.92 Å². The number of hydrogen-bond donors (Lipinski definition) is 0. The van der Waals surface area contributed by atoms with Gasteiger partial charge >= 0.3 is 0 Å². The first-order valence-corrected chi connectivity index (χ1v) is 7.45. The zero-order chi connectivity index (χ0) is 15.9. The summed E-state index contributed by atoms with van der Waals surface area (Å²) in [5.74, 6) is 1.62. The number of anilines is 2. The van der Waals surface area contributed by atoms with Gasteiger partial charge in [0, 0.05) is 39.6 Å². The Morgan fingerprint density at radius 2 is 1.91 bits per heavy atom. The van der Waals surface area contributed by atoms with Crippen LogP contribution in [0.25, 0.3) is 10.9 Å². The van der Waals surface area contributed by atoms with E-state index in [1.165, 1.54) is 0 Å². The summed E-state index contributed by atoms with van der Waals surface area (Å²) in [5, 5.41) is 0.984. The number of rotatable bonds is 2. The summed E-state index contributed by atoms with van der Waals surface area (Å²) in [6.07, 6.45) is 0. The number of hydrogen-bond acceptors (Lipinski definition) is 5. The smallest absolute Gasteiger partial charge is 0.244 e. The molecule has 6 heteroatoms. The van der Waals surface area contributed by atoms with Gasteiger partial charge in [0.15, 0.2) is 0 Å². The molecule has 22 heavy (non-hydrogen) atoms. The summed E-state index contributed by atoms with van der Waals surface area (Å²) in [4.78, 5) is 27.3. The van der Waals surface area contributed by atoms with Gasteiger partial charge in [-0.1, -0.05) is 12.1 Å². The molecule has 0 bridgehead atoms. The zero-order valence-corrected chi connectivity index (χ0v) is 13.4. The number of aromatic nitrogens is 2. The van der Waals surface area contributed by atoms with Crippen LogP contribution in [0.4, 0.5) is 11.8 Å². The fraction of sp³-hybridized carbons (Fsp3) is 0.438. The SMILES string of the molecule is CC1C(=O)N(C)CCN1c1nc(N(C)C)nc2ccccc12. The Morgan fingerprint density at radius 1 is 1.18 bits per heavy atom. The van der Waals surface area contributed by atoms with Gasteiger partial charge in [-0.25, -0.2) is 4.98 Å². The molecule has 0 radical (unpaired) electrons. The van der Waals surface area contributed by atoms with Crippen molar-refractivity contribution >= 4 is 28.6 Å². The van der Waals surface area contributed by atoms with Crippen LogP contribution in [0.3, 0.4) is 0 Å². The fourth-order valence-corrected chi connectivity index (χ4v) is 2.77. The average Bonchev–Trinajstić information content (AvgIpc) is 2.52. The van der Waals surface area contributed by atoms with E-state index in [1.54, 1.807) is 4.90 Å². The summed E-state index contributed by atoms with van der Waals surface area (Å²) in [6, 6.07) is 7.73. The number of likely N-dealkylation sites (N-methyl/N-ethyl adjacent to an activating group) is 1. The van der Waals surface area contributed by atoms with E-state index in [9.17, 15) is 4.79 Å². The molecule has 1 fully saturated rings. The van der Waals surface area contributed by atoms with Crippen molar-refractivity contribution in [1.29, 1.82) is 0 Å². The summed E-state index contributed by atoms with van der Waals surface area (Å²) < 4.78 is 0. The third-order valence-corrected chi connectivity index (χ3v) is 4.12. The van der Waals surface area contributed by atoms with Crippen molar-refractivity contribution in [1.82, 2.24) is 14.9 Å². The highest BCUT2D eigenvalue weighted by molar-refractivity contribution is 5.94. The second-order valence-corrected chi connectivity index (χ2v) is 5.89. The lowest BCUT2D eigenvalue weighted by molar-refractivity contribution is -0.132. The third kappa shape index (κ3) is 2.34. The van der Waals surface area contributed by atoms with Crippen LogP contribution in [0, 0.1) is 0 Å². The molecule has 1 aromatic carbocycles. The van der Waals surface area contributed by atoms with Gasteiger partial charge in [-0.05, 0) is 19.1 Å². The normalized spacial score (nSPS) is 18.9. The molecule has 1 unspecified atom stereocenters. The van der Waals surface area contributed by atoms with Gasteiger partial charge in [-0.2, -0.15) is 4.98 Å². The Kier molecular flexibility index (Phi) is 3.60. The van der Waals surface area contributed by atoms with E-state index in [1.807, 2.05) is 57.2 Å². The number of amides is 1. The largest absolute Gasteiger partial charge is 0.347 e. The van der Waals surface area contributed by atoms with Crippen LogP contribution >= 0.6 is 0 Å². The molecule has 6 nitrogen and oxygen atoms in total. The van der Waals surface area contributed by atoms with Gasteiger partial charge in [0.1, 0.15) is 11.9 Å². The highest BCUT2D eigenvalue weighted by Crippen LogP contribution is 2.28. The van der Waals surface area contributed by atoms with Crippen molar-refractivity contribution in [3.05, 3.63) is 24.3 Å². The molecule has 2 aromatic rings. The van der Waals surface area contributed by atoms with Crippen molar-refractivity contribution in [2.75, 3.05) is 44.0 Å². The van der Waals surface area contributed by atoms with E-state index >= 15 is 0 Å². The lowest BCUT2D eigenvalue weighted by atomic mass is 10.1. The number of benzene rings is 1. The molecule has 0 aliphatic carbocycles. The molecule has 1 atom stereocenters. The number of para-hydroxylation sites is 1. The van der Waals surface area contributed by atoms with E-state index in [-0.39, 0.29) is 11.9 Å². The number of carbonyl (C=O) groups is 1. The van der Waals surface area contributed by atoms with Crippen LogP contribution in [0.5, 0.6) is 0 Å². The van der Waals surface area contributed by atoms with Crippen molar-refractivity contribution < 1.29 is 4.79 Å². The first kappa shape index (κ1) is 14.6. The predicted molar refractivity (Wildman–Crippen MR) is 88.3 cm³/mol. The summed E-state index contributed by atoms with van der Waals surface area (Å²) in [6.45, 7) is 3.42. The predicted octanol–water partition coefficient (Wildman–Crippen LogP) is 1.36. The molecule has 0 N–H and O–H groups in total. The highest BCUT2D eigenvalue weighted by Gasteiger charge is 2.31. The van der Waals surface area contributed by atoms with E-state index in [0.29, 0.717) is 12.5 Å². The maximum absolute atomic E-state index is 12.3. The van der Waals surface area contributed by atoms with E-state index in [4.69, 9.17) is 4.98 Å². The summed E-state index contributed by atoms with van der Waals surface area (Å²) >= 11 is 0. The zero-order valence-electron chi connectivity index (χ0n) is 13.4.